The minimum atomic E-state index is -3.65. The van der Waals surface area contributed by atoms with Gasteiger partial charge in [-0.2, -0.15) is 0 Å². The van der Waals surface area contributed by atoms with Crippen LogP contribution in [0.4, 0.5) is 21.6 Å². The zero-order valence-electron chi connectivity index (χ0n) is 18.0. The topological polar surface area (TPSA) is 113 Å². The second kappa shape index (κ2) is 9.08. The van der Waals surface area contributed by atoms with Crippen LogP contribution in [0.3, 0.4) is 0 Å². The molecule has 0 spiro atoms. The number of aliphatic hydroxyl groups excluding tert-OH is 1. The summed E-state index contributed by atoms with van der Waals surface area (Å²) in [6.07, 6.45) is 2.59. The fourth-order valence-corrected chi connectivity index (χ4v) is 5.26. The number of methoxy groups -OCH3 is 1. The van der Waals surface area contributed by atoms with Crippen molar-refractivity contribution >= 4 is 27.2 Å². The summed E-state index contributed by atoms with van der Waals surface area (Å²) in [6.45, 7) is 2.97. The third-order valence-electron chi connectivity index (χ3n) is 5.58. The Kier molecular flexibility index (Phi) is 6.40. The molecule has 1 aromatic carbocycles. The van der Waals surface area contributed by atoms with Crippen LogP contribution in [-0.2, 0) is 14.8 Å². The molecule has 4 rings (SSSR count). The predicted molar refractivity (Wildman–Crippen MR) is 120 cm³/mol. The number of benzene rings is 1. The van der Waals surface area contributed by atoms with Crippen LogP contribution < -0.4 is 19.7 Å². The zero-order valence-corrected chi connectivity index (χ0v) is 18.8. The average Bonchev–Trinajstić information content (AvgIpc) is 3.08. The number of halogens is 1. The largest absolute Gasteiger partial charge is 0.492 e. The number of fused-ring (bicyclic) bond motifs is 1. The van der Waals surface area contributed by atoms with Crippen molar-refractivity contribution in [2.45, 2.75) is 38.6 Å². The Labute approximate surface area is 186 Å². The summed E-state index contributed by atoms with van der Waals surface area (Å²) >= 11 is 0. The Balaban J connectivity index is 1.72. The van der Waals surface area contributed by atoms with Crippen molar-refractivity contribution < 1.29 is 27.4 Å². The Morgan fingerprint density at radius 2 is 2.06 bits per heavy atom. The maximum absolute atomic E-state index is 14.8. The molecule has 2 aliphatic rings. The Morgan fingerprint density at radius 3 is 2.75 bits per heavy atom. The molecule has 0 amide bonds. The maximum Gasteiger partial charge on any atom is 0.232 e. The maximum atomic E-state index is 14.8. The monoisotopic (exact) mass is 466 g/mol. The molecule has 1 fully saturated rings. The van der Waals surface area contributed by atoms with Gasteiger partial charge in [-0.1, -0.05) is 6.92 Å². The molecule has 2 aliphatic heterocycles. The SMILES string of the molecule is CCCS(=O)(=O)Nc1cc(-c2cnc3c(c2)N(C2CCOCC2)C(O)N3)cc(F)c1OC. The van der Waals surface area contributed by atoms with Gasteiger partial charge in [0.15, 0.2) is 17.4 Å². The van der Waals surface area contributed by atoms with Crippen molar-refractivity contribution in [2.24, 2.45) is 0 Å². The Hall–Kier alpha value is -2.63. The molecule has 3 heterocycles. The molecule has 1 atom stereocenters. The lowest BCUT2D eigenvalue weighted by molar-refractivity contribution is 0.0734. The number of rotatable bonds is 7. The van der Waals surface area contributed by atoms with E-state index < -0.39 is 22.2 Å². The smallest absolute Gasteiger partial charge is 0.232 e. The van der Waals surface area contributed by atoms with Gasteiger partial charge in [0.05, 0.1) is 24.2 Å². The number of nitrogens with one attached hydrogen (secondary N) is 2. The van der Waals surface area contributed by atoms with E-state index in [-0.39, 0.29) is 23.2 Å². The highest BCUT2D eigenvalue weighted by Gasteiger charge is 2.35. The second-order valence-electron chi connectivity index (χ2n) is 7.82. The van der Waals surface area contributed by atoms with E-state index in [0.717, 1.165) is 12.8 Å². The molecule has 9 nitrogen and oxygen atoms in total. The highest BCUT2D eigenvalue weighted by atomic mass is 32.2. The van der Waals surface area contributed by atoms with Gasteiger partial charge in [0.2, 0.25) is 16.4 Å². The van der Waals surface area contributed by atoms with Crippen molar-refractivity contribution in [1.29, 1.82) is 0 Å². The number of anilines is 3. The van der Waals surface area contributed by atoms with Gasteiger partial charge in [-0.05, 0) is 43.0 Å². The molecule has 1 aromatic heterocycles. The number of hydrogen-bond donors (Lipinski definition) is 3. The highest BCUT2D eigenvalue weighted by Crippen LogP contribution is 2.40. The molecule has 0 bridgehead atoms. The van der Waals surface area contributed by atoms with Crippen molar-refractivity contribution in [2.75, 3.05) is 41.0 Å². The quantitative estimate of drug-likeness (QED) is 0.571. The van der Waals surface area contributed by atoms with Gasteiger partial charge < -0.3 is 24.8 Å². The van der Waals surface area contributed by atoms with E-state index in [4.69, 9.17) is 9.47 Å². The molecular formula is C21H27FN4O5S. The lowest BCUT2D eigenvalue weighted by Gasteiger charge is -2.34. The van der Waals surface area contributed by atoms with Crippen LogP contribution in [0.15, 0.2) is 24.4 Å². The summed E-state index contributed by atoms with van der Waals surface area (Å²) in [5, 5.41) is 13.5. The van der Waals surface area contributed by atoms with Gasteiger partial charge in [-0.3, -0.25) is 4.72 Å². The first-order chi connectivity index (χ1) is 15.3. The number of sulfonamides is 1. The normalized spacial score (nSPS) is 18.9. The molecule has 0 radical (unpaired) electrons. The van der Waals surface area contributed by atoms with Crippen molar-refractivity contribution in [3.8, 4) is 16.9 Å². The molecule has 11 heteroatoms. The van der Waals surface area contributed by atoms with Crippen LogP contribution in [0.25, 0.3) is 11.1 Å². The summed E-state index contributed by atoms with van der Waals surface area (Å²) < 4.78 is 52.3. The van der Waals surface area contributed by atoms with Gasteiger partial charge in [0.1, 0.15) is 0 Å². The molecule has 32 heavy (non-hydrogen) atoms. The number of aromatic nitrogens is 1. The first-order valence-electron chi connectivity index (χ1n) is 10.5. The van der Waals surface area contributed by atoms with E-state index in [1.807, 2.05) is 11.0 Å². The fourth-order valence-electron chi connectivity index (χ4n) is 4.13. The Bertz CT molecular complexity index is 1090. The van der Waals surface area contributed by atoms with Crippen LogP contribution in [0.5, 0.6) is 5.75 Å². The summed E-state index contributed by atoms with van der Waals surface area (Å²) in [4.78, 5) is 6.26. The van der Waals surface area contributed by atoms with E-state index in [9.17, 15) is 17.9 Å². The third kappa shape index (κ3) is 4.45. The molecule has 3 N–H and O–H groups in total. The first-order valence-corrected chi connectivity index (χ1v) is 12.2. The van der Waals surface area contributed by atoms with Crippen molar-refractivity contribution in [1.82, 2.24) is 4.98 Å². The standard InChI is InChI=1S/C21H27FN4O5S/c1-3-8-32(28,29)25-17-10-13(9-16(22)19(17)30-2)14-11-18-20(23-12-14)24-21(27)26(18)15-4-6-31-7-5-15/h9-12,15,21,25,27H,3-8H2,1-2H3,(H,23,24). The van der Waals surface area contributed by atoms with Gasteiger partial charge in [0, 0.05) is 31.0 Å². The highest BCUT2D eigenvalue weighted by molar-refractivity contribution is 7.92. The van der Waals surface area contributed by atoms with Crippen molar-refractivity contribution in [3.63, 3.8) is 0 Å². The van der Waals surface area contributed by atoms with Gasteiger partial charge in [0.25, 0.3) is 0 Å². The number of aliphatic hydroxyl groups is 1. The fraction of sp³-hybridized carbons (Fsp3) is 0.476. The minimum absolute atomic E-state index is 0.0240. The summed E-state index contributed by atoms with van der Waals surface area (Å²) in [6, 6.07) is 4.69. The summed E-state index contributed by atoms with van der Waals surface area (Å²) in [7, 11) is -2.37. The molecule has 0 saturated carbocycles. The number of ether oxygens (including phenoxy) is 2. The van der Waals surface area contributed by atoms with Crippen molar-refractivity contribution in [3.05, 3.63) is 30.2 Å². The molecular weight excluding hydrogens is 439 g/mol. The van der Waals surface area contributed by atoms with Gasteiger partial charge >= 0.3 is 0 Å². The number of hydrogen-bond acceptors (Lipinski definition) is 8. The van der Waals surface area contributed by atoms with E-state index in [0.29, 0.717) is 42.3 Å². The number of nitrogens with zero attached hydrogens (tertiary/aromatic N) is 2. The lowest BCUT2D eigenvalue weighted by atomic mass is 10.0. The summed E-state index contributed by atoms with van der Waals surface area (Å²) in [5.74, 6) is -0.431. The van der Waals surface area contributed by atoms with Crippen LogP contribution in [-0.4, -0.2) is 57.0 Å². The predicted octanol–water partition coefficient (Wildman–Crippen LogP) is 2.73. The third-order valence-corrected chi connectivity index (χ3v) is 7.06. The van der Waals surface area contributed by atoms with E-state index in [2.05, 4.69) is 15.0 Å². The van der Waals surface area contributed by atoms with Crippen LogP contribution in [0, 0.1) is 5.82 Å². The van der Waals surface area contributed by atoms with Gasteiger partial charge in [-0.25, -0.2) is 17.8 Å². The second-order valence-corrected chi connectivity index (χ2v) is 9.66. The molecule has 1 saturated heterocycles. The lowest BCUT2D eigenvalue weighted by Crippen LogP contribution is -2.45. The average molecular weight is 467 g/mol. The van der Waals surface area contributed by atoms with Gasteiger partial charge in [-0.15, -0.1) is 0 Å². The number of pyridine rings is 1. The van der Waals surface area contributed by atoms with E-state index in [1.165, 1.54) is 19.2 Å². The van der Waals surface area contributed by atoms with Crippen LogP contribution in [0.1, 0.15) is 26.2 Å². The molecule has 1 unspecified atom stereocenters. The van der Waals surface area contributed by atoms with E-state index in [1.54, 1.807) is 13.1 Å². The minimum Gasteiger partial charge on any atom is -0.492 e. The first kappa shape index (κ1) is 22.6. The molecule has 174 valence electrons. The Morgan fingerprint density at radius 1 is 1.31 bits per heavy atom. The molecule has 0 aliphatic carbocycles. The molecule has 2 aromatic rings. The summed E-state index contributed by atoms with van der Waals surface area (Å²) in [5.41, 5.74) is 1.73. The van der Waals surface area contributed by atoms with E-state index >= 15 is 0 Å². The van der Waals surface area contributed by atoms with Crippen LogP contribution >= 0.6 is 0 Å². The van der Waals surface area contributed by atoms with Crippen LogP contribution in [0.2, 0.25) is 0 Å². The zero-order chi connectivity index (χ0) is 22.9.